The predicted molar refractivity (Wildman–Crippen MR) is 75.0 cm³/mol. The lowest BCUT2D eigenvalue weighted by molar-refractivity contribution is 0.572. The monoisotopic (exact) mass is 311 g/mol. The van der Waals surface area contributed by atoms with Crippen LogP contribution in [-0.4, -0.2) is 16.0 Å². The molecule has 2 aromatic rings. The second-order valence-electron chi connectivity index (χ2n) is 4.02. The molecular weight excluding hydrogens is 298 g/mol. The third-order valence-electron chi connectivity index (χ3n) is 2.19. The van der Waals surface area contributed by atoms with Crippen LogP contribution in [0.25, 0.3) is 10.6 Å². The number of hydrogen-bond donors (Lipinski definition) is 1. The highest BCUT2D eigenvalue weighted by Crippen LogP contribution is 2.28. The first-order valence-corrected chi connectivity index (χ1v) is 7.12. The van der Waals surface area contributed by atoms with Crippen molar-refractivity contribution >= 4 is 27.3 Å². The molecule has 0 aliphatic carbocycles. The van der Waals surface area contributed by atoms with Crippen LogP contribution >= 0.6 is 27.3 Å². The molecule has 5 heteroatoms. The zero-order valence-electron chi connectivity index (χ0n) is 9.77. The average Bonchev–Trinajstić information content (AvgIpc) is 2.74. The number of nitrogens with zero attached hydrogens (tertiary/aromatic N) is 2. The molecule has 0 saturated heterocycles. The molecule has 0 unspecified atom stereocenters. The maximum absolute atomic E-state index is 4.54. The highest BCUT2D eigenvalue weighted by molar-refractivity contribution is 9.10. The minimum absolute atomic E-state index is 0.443. The van der Waals surface area contributed by atoms with E-state index in [1.807, 2.05) is 12.3 Å². The van der Waals surface area contributed by atoms with Gasteiger partial charge in [-0.25, -0.2) is 9.97 Å². The SMILES string of the molecule is CC(C)NCc1nccc(-c2cc(Br)cs2)n1. The Morgan fingerprint density at radius 1 is 1.47 bits per heavy atom. The van der Waals surface area contributed by atoms with E-state index in [0.29, 0.717) is 12.6 Å². The van der Waals surface area contributed by atoms with Gasteiger partial charge in [-0.2, -0.15) is 0 Å². The molecule has 0 saturated carbocycles. The molecule has 2 heterocycles. The van der Waals surface area contributed by atoms with Gasteiger partial charge in [0.15, 0.2) is 0 Å². The number of aromatic nitrogens is 2. The van der Waals surface area contributed by atoms with Crippen LogP contribution in [0.3, 0.4) is 0 Å². The van der Waals surface area contributed by atoms with E-state index in [-0.39, 0.29) is 0 Å². The van der Waals surface area contributed by atoms with Gasteiger partial charge in [0, 0.05) is 22.1 Å². The van der Waals surface area contributed by atoms with Gasteiger partial charge in [-0.05, 0) is 28.1 Å². The maximum atomic E-state index is 4.54. The molecule has 1 N–H and O–H groups in total. The molecule has 0 aromatic carbocycles. The number of thiophene rings is 1. The van der Waals surface area contributed by atoms with Crippen LogP contribution in [0.15, 0.2) is 28.2 Å². The molecule has 2 rings (SSSR count). The zero-order chi connectivity index (χ0) is 12.3. The third kappa shape index (κ3) is 3.59. The summed E-state index contributed by atoms with van der Waals surface area (Å²) in [6, 6.07) is 4.46. The van der Waals surface area contributed by atoms with Crippen molar-refractivity contribution in [2.45, 2.75) is 26.4 Å². The first-order chi connectivity index (χ1) is 8.15. The van der Waals surface area contributed by atoms with E-state index in [4.69, 9.17) is 0 Å². The lowest BCUT2D eigenvalue weighted by atomic mass is 10.3. The predicted octanol–water partition coefficient (Wildman–Crippen LogP) is 3.47. The second kappa shape index (κ2) is 5.71. The van der Waals surface area contributed by atoms with Crippen LogP contribution in [0.4, 0.5) is 0 Å². The number of rotatable bonds is 4. The van der Waals surface area contributed by atoms with Crippen molar-refractivity contribution in [2.75, 3.05) is 0 Å². The van der Waals surface area contributed by atoms with Gasteiger partial charge in [-0.3, -0.25) is 0 Å². The standard InChI is InChI=1S/C12H14BrN3S/c1-8(2)15-6-12-14-4-3-10(16-12)11-5-9(13)7-17-11/h3-5,7-8,15H,6H2,1-2H3. The Morgan fingerprint density at radius 3 is 2.94 bits per heavy atom. The van der Waals surface area contributed by atoms with Crippen molar-refractivity contribution < 1.29 is 0 Å². The van der Waals surface area contributed by atoms with Gasteiger partial charge < -0.3 is 5.32 Å². The van der Waals surface area contributed by atoms with E-state index >= 15 is 0 Å². The quantitative estimate of drug-likeness (QED) is 0.939. The maximum Gasteiger partial charge on any atom is 0.142 e. The Bertz CT molecular complexity index is 496. The fourth-order valence-electron chi connectivity index (χ4n) is 1.36. The summed E-state index contributed by atoms with van der Waals surface area (Å²) < 4.78 is 1.10. The molecule has 17 heavy (non-hydrogen) atoms. The van der Waals surface area contributed by atoms with E-state index in [1.165, 1.54) is 0 Å². The molecule has 0 amide bonds. The van der Waals surface area contributed by atoms with Gasteiger partial charge >= 0.3 is 0 Å². The summed E-state index contributed by atoms with van der Waals surface area (Å²) in [4.78, 5) is 9.96. The van der Waals surface area contributed by atoms with Gasteiger partial charge in [0.2, 0.25) is 0 Å². The zero-order valence-corrected chi connectivity index (χ0v) is 12.2. The summed E-state index contributed by atoms with van der Waals surface area (Å²) in [7, 11) is 0. The Kier molecular flexibility index (Phi) is 4.25. The molecule has 0 aliphatic heterocycles. The Hall–Kier alpha value is -0.780. The van der Waals surface area contributed by atoms with E-state index in [9.17, 15) is 0 Å². The van der Waals surface area contributed by atoms with E-state index in [0.717, 1.165) is 20.9 Å². The van der Waals surface area contributed by atoms with Crippen molar-refractivity contribution in [1.82, 2.24) is 15.3 Å². The molecule has 90 valence electrons. The largest absolute Gasteiger partial charge is 0.308 e. The lowest BCUT2D eigenvalue weighted by Crippen LogP contribution is -2.23. The minimum Gasteiger partial charge on any atom is -0.308 e. The molecule has 0 bridgehead atoms. The van der Waals surface area contributed by atoms with Crippen LogP contribution in [0.1, 0.15) is 19.7 Å². The van der Waals surface area contributed by atoms with Crippen LogP contribution in [0.5, 0.6) is 0 Å². The summed E-state index contributed by atoms with van der Waals surface area (Å²) in [6.45, 7) is 4.93. The summed E-state index contributed by atoms with van der Waals surface area (Å²) in [5, 5.41) is 5.37. The Labute approximate surface area is 113 Å². The van der Waals surface area contributed by atoms with Crippen molar-refractivity contribution in [3.05, 3.63) is 34.0 Å². The third-order valence-corrected chi connectivity index (χ3v) is 3.91. The van der Waals surface area contributed by atoms with Crippen LogP contribution < -0.4 is 5.32 Å². The van der Waals surface area contributed by atoms with Crippen LogP contribution in [0, 0.1) is 0 Å². The Balaban J connectivity index is 2.16. The Morgan fingerprint density at radius 2 is 2.29 bits per heavy atom. The van der Waals surface area contributed by atoms with E-state index in [2.05, 4.69) is 56.5 Å². The molecule has 0 radical (unpaired) electrons. The smallest absolute Gasteiger partial charge is 0.142 e. The van der Waals surface area contributed by atoms with Gasteiger partial charge in [0.1, 0.15) is 5.82 Å². The molecule has 0 aliphatic rings. The lowest BCUT2D eigenvalue weighted by Gasteiger charge is -2.07. The first-order valence-electron chi connectivity index (χ1n) is 5.45. The van der Waals surface area contributed by atoms with Gasteiger partial charge in [0.25, 0.3) is 0 Å². The molecule has 0 atom stereocenters. The summed E-state index contributed by atoms with van der Waals surface area (Å²) >= 11 is 5.13. The molecule has 0 fully saturated rings. The fourth-order valence-corrected chi connectivity index (χ4v) is 2.76. The summed E-state index contributed by atoms with van der Waals surface area (Å²) in [5.74, 6) is 0.834. The normalized spacial score (nSPS) is 11.1. The van der Waals surface area contributed by atoms with Crippen LogP contribution in [0.2, 0.25) is 0 Å². The van der Waals surface area contributed by atoms with Crippen LogP contribution in [-0.2, 0) is 6.54 Å². The number of nitrogens with one attached hydrogen (secondary N) is 1. The number of halogens is 1. The average molecular weight is 312 g/mol. The van der Waals surface area contributed by atoms with E-state index in [1.54, 1.807) is 11.3 Å². The molecule has 0 spiro atoms. The van der Waals surface area contributed by atoms with Crippen molar-refractivity contribution in [1.29, 1.82) is 0 Å². The van der Waals surface area contributed by atoms with Crippen molar-refractivity contribution in [2.24, 2.45) is 0 Å². The highest BCUT2D eigenvalue weighted by Gasteiger charge is 2.05. The molecular formula is C12H14BrN3S. The van der Waals surface area contributed by atoms with E-state index < -0.39 is 0 Å². The topological polar surface area (TPSA) is 37.8 Å². The molecule has 2 aromatic heterocycles. The number of hydrogen-bond acceptors (Lipinski definition) is 4. The summed E-state index contributed by atoms with van der Waals surface area (Å²) in [5.41, 5.74) is 0.983. The molecule has 3 nitrogen and oxygen atoms in total. The van der Waals surface area contributed by atoms with Crippen molar-refractivity contribution in [3.8, 4) is 10.6 Å². The van der Waals surface area contributed by atoms with Crippen molar-refractivity contribution in [3.63, 3.8) is 0 Å². The minimum atomic E-state index is 0.443. The second-order valence-corrected chi connectivity index (χ2v) is 5.85. The summed E-state index contributed by atoms with van der Waals surface area (Å²) in [6.07, 6.45) is 1.81. The van der Waals surface area contributed by atoms with Gasteiger partial charge in [-0.15, -0.1) is 11.3 Å². The first kappa shape index (κ1) is 12.7. The van der Waals surface area contributed by atoms with Gasteiger partial charge in [0.05, 0.1) is 17.1 Å². The van der Waals surface area contributed by atoms with Gasteiger partial charge in [-0.1, -0.05) is 13.8 Å². The fraction of sp³-hybridized carbons (Fsp3) is 0.333. The highest BCUT2D eigenvalue weighted by atomic mass is 79.9.